The first-order chi connectivity index (χ1) is 20.3. The third-order valence-electron chi connectivity index (χ3n) is 6.07. The molecule has 2 heterocycles. The zero-order chi connectivity index (χ0) is 29.5. The van der Waals surface area contributed by atoms with Gasteiger partial charge < -0.3 is 10.1 Å². The van der Waals surface area contributed by atoms with E-state index in [1.807, 2.05) is 60.0 Å². The van der Waals surface area contributed by atoms with E-state index in [0.29, 0.717) is 22.4 Å². The summed E-state index contributed by atoms with van der Waals surface area (Å²) >= 11 is 1.41. The topological polar surface area (TPSA) is 141 Å². The van der Waals surface area contributed by atoms with E-state index in [4.69, 9.17) is 4.74 Å². The lowest BCUT2D eigenvalue weighted by molar-refractivity contribution is -0.115. The number of anilines is 2. The number of carbonyl (C=O) groups is 1. The predicted octanol–water partition coefficient (Wildman–Crippen LogP) is 4.96. The molecule has 3 aromatic carbocycles. The van der Waals surface area contributed by atoms with Gasteiger partial charge in [-0.1, -0.05) is 41.6 Å². The molecule has 0 fully saturated rings. The molecule has 5 aromatic rings. The largest absolute Gasteiger partial charge is 0.497 e. The second kappa shape index (κ2) is 12.8. The maximum atomic E-state index is 12.7. The Kier molecular flexibility index (Phi) is 8.79. The summed E-state index contributed by atoms with van der Waals surface area (Å²) in [5, 5.41) is 12.3. The van der Waals surface area contributed by atoms with E-state index in [0.717, 1.165) is 22.6 Å². The molecule has 2 aromatic heterocycles. The number of nitrogens with one attached hydrogen (secondary N) is 2. The van der Waals surface area contributed by atoms with Gasteiger partial charge >= 0.3 is 0 Å². The van der Waals surface area contributed by atoms with Crippen LogP contribution in [0.5, 0.6) is 5.75 Å². The van der Waals surface area contributed by atoms with Crippen molar-refractivity contribution in [3.8, 4) is 22.8 Å². The number of aromatic nitrogens is 5. The molecule has 0 saturated heterocycles. The van der Waals surface area contributed by atoms with Gasteiger partial charge in [0.25, 0.3) is 10.0 Å². The molecule has 13 heteroatoms. The first-order valence-corrected chi connectivity index (χ1v) is 15.3. The highest BCUT2D eigenvalue weighted by Gasteiger charge is 2.18. The Hall–Kier alpha value is -4.75. The molecule has 5 rings (SSSR count). The number of sulfonamides is 1. The van der Waals surface area contributed by atoms with Crippen LogP contribution in [0.2, 0.25) is 0 Å². The van der Waals surface area contributed by atoms with Crippen LogP contribution in [0.4, 0.5) is 11.6 Å². The van der Waals surface area contributed by atoms with Crippen molar-refractivity contribution in [2.75, 3.05) is 22.9 Å². The van der Waals surface area contributed by atoms with E-state index in [9.17, 15) is 13.2 Å². The maximum Gasteiger partial charge on any atom is 0.264 e. The van der Waals surface area contributed by atoms with E-state index in [1.54, 1.807) is 13.2 Å². The molecule has 42 heavy (non-hydrogen) atoms. The summed E-state index contributed by atoms with van der Waals surface area (Å²) in [7, 11) is -2.25. The Bertz CT molecular complexity index is 1760. The SMILES string of the molecule is COc1ccc(-n2c(SCCC(=O)Nc3ccc(S(=O)(=O)Nc4ncccn4)cc3)nnc2-c2ccc(C)cc2)cc1. The number of methoxy groups -OCH3 is 1. The zero-order valence-corrected chi connectivity index (χ0v) is 24.4. The quantitative estimate of drug-likeness (QED) is 0.201. The molecule has 214 valence electrons. The summed E-state index contributed by atoms with van der Waals surface area (Å²) in [4.78, 5) is 20.4. The van der Waals surface area contributed by atoms with Crippen LogP contribution in [-0.2, 0) is 14.8 Å². The van der Waals surface area contributed by atoms with Crippen molar-refractivity contribution in [3.05, 3.63) is 96.8 Å². The zero-order valence-electron chi connectivity index (χ0n) is 22.8. The first-order valence-electron chi connectivity index (χ1n) is 12.8. The lowest BCUT2D eigenvalue weighted by Gasteiger charge is -2.11. The fourth-order valence-corrected chi connectivity index (χ4v) is 5.77. The molecule has 0 bridgehead atoms. The summed E-state index contributed by atoms with van der Waals surface area (Å²) < 4.78 is 34.7. The van der Waals surface area contributed by atoms with E-state index in [-0.39, 0.29) is 23.2 Å². The van der Waals surface area contributed by atoms with Gasteiger partial charge in [0.05, 0.1) is 12.0 Å². The highest BCUT2D eigenvalue weighted by Crippen LogP contribution is 2.29. The molecule has 0 saturated carbocycles. The van der Waals surface area contributed by atoms with Gasteiger partial charge in [-0.05, 0) is 61.5 Å². The molecule has 0 radical (unpaired) electrons. The molecule has 0 aliphatic heterocycles. The normalized spacial score (nSPS) is 11.2. The minimum atomic E-state index is -3.87. The number of thioether (sulfide) groups is 1. The molecular weight excluding hydrogens is 574 g/mol. The fraction of sp³-hybridized carbons (Fsp3) is 0.138. The minimum absolute atomic E-state index is 0.0192. The summed E-state index contributed by atoms with van der Waals surface area (Å²) in [5.74, 6) is 1.63. The van der Waals surface area contributed by atoms with Crippen LogP contribution < -0.4 is 14.8 Å². The molecule has 0 atom stereocenters. The monoisotopic (exact) mass is 601 g/mol. The third-order valence-corrected chi connectivity index (χ3v) is 8.35. The van der Waals surface area contributed by atoms with Crippen molar-refractivity contribution in [2.24, 2.45) is 0 Å². The Morgan fingerprint density at radius 3 is 2.29 bits per heavy atom. The van der Waals surface area contributed by atoms with Crippen molar-refractivity contribution in [3.63, 3.8) is 0 Å². The van der Waals surface area contributed by atoms with Gasteiger partial charge in [-0.2, -0.15) is 0 Å². The second-order valence-corrected chi connectivity index (χ2v) is 11.8. The standard InChI is InChI=1S/C29H27N7O4S2/c1-20-4-6-21(7-5-20)27-33-34-29(36(27)23-10-12-24(40-2)13-11-23)41-19-16-26(37)32-22-8-14-25(15-9-22)42(38,39)35-28-30-17-3-18-31-28/h3-15,17-18H,16,19H2,1-2H3,(H,32,37)(H,30,31,35). The number of nitrogens with zero attached hydrogens (tertiary/aromatic N) is 5. The summed E-state index contributed by atoms with van der Waals surface area (Å²) in [6.07, 6.45) is 3.08. The number of rotatable bonds is 11. The van der Waals surface area contributed by atoms with Crippen molar-refractivity contribution in [2.45, 2.75) is 23.4 Å². The van der Waals surface area contributed by atoms with Gasteiger partial charge in [-0.15, -0.1) is 10.2 Å². The number of benzene rings is 3. The Labute approximate surface area is 247 Å². The minimum Gasteiger partial charge on any atom is -0.497 e. The molecule has 11 nitrogen and oxygen atoms in total. The summed E-state index contributed by atoms with van der Waals surface area (Å²) in [6.45, 7) is 2.03. The number of amides is 1. The highest BCUT2D eigenvalue weighted by molar-refractivity contribution is 7.99. The predicted molar refractivity (Wildman–Crippen MR) is 161 cm³/mol. The first kappa shape index (κ1) is 28.8. The van der Waals surface area contributed by atoms with Crippen LogP contribution in [0.25, 0.3) is 17.1 Å². The number of aryl methyl sites for hydroxylation is 1. The van der Waals surface area contributed by atoms with E-state index < -0.39 is 10.0 Å². The molecule has 1 amide bonds. The molecule has 0 aliphatic rings. The van der Waals surface area contributed by atoms with E-state index >= 15 is 0 Å². The van der Waals surface area contributed by atoms with Gasteiger partial charge in [-0.3, -0.25) is 9.36 Å². The van der Waals surface area contributed by atoms with Gasteiger partial charge in [0.15, 0.2) is 11.0 Å². The van der Waals surface area contributed by atoms with Crippen molar-refractivity contribution in [1.29, 1.82) is 0 Å². The van der Waals surface area contributed by atoms with E-state index in [1.165, 1.54) is 48.4 Å². The number of hydrogen-bond acceptors (Lipinski definition) is 9. The van der Waals surface area contributed by atoms with Crippen LogP contribution in [-0.4, -0.2) is 51.9 Å². The molecule has 2 N–H and O–H groups in total. The molecule has 0 unspecified atom stereocenters. The lowest BCUT2D eigenvalue weighted by Crippen LogP contribution is -2.15. The number of hydrogen-bond donors (Lipinski definition) is 2. The van der Waals surface area contributed by atoms with Gasteiger partial charge in [0, 0.05) is 41.5 Å². The van der Waals surface area contributed by atoms with Crippen LogP contribution in [0.15, 0.2) is 101 Å². The van der Waals surface area contributed by atoms with Crippen molar-refractivity contribution in [1.82, 2.24) is 24.7 Å². The Morgan fingerprint density at radius 1 is 0.929 bits per heavy atom. The summed E-state index contributed by atoms with van der Waals surface area (Å²) in [6, 6.07) is 23.1. The van der Waals surface area contributed by atoms with Crippen LogP contribution >= 0.6 is 11.8 Å². The molecular formula is C29H27N7O4S2. The van der Waals surface area contributed by atoms with Gasteiger partial charge in [0.1, 0.15) is 5.75 Å². The molecule has 0 aliphatic carbocycles. The Balaban J connectivity index is 1.23. The Morgan fingerprint density at radius 2 is 1.62 bits per heavy atom. The van der Waals surface area contributed by atoms with Crippen LogP contribution in [0.1, 0.15) is 12.0 Å². The fourth-order valence-electron chi connectivity index (χ4n) is 3.92. The average molecular weight is 602 g/mol. The van der Waals surface area contributed by atoms with Gasteiger partial charge in [0.2, 0.25) is 11.9 Å². The smallest absolute Gasteiger partial charge is 0.264 e. The number of ether oxygens (including phenoxy) is 1. The summed E-state index contributed by atoms with van der Waals surface area (Å²) in [5.41, 5.74) is 3.41. The lowest BCUT2D eigenvalue weighted by atomic mass is 10.1. The number of carbonyl (C=O) groups excluding carboxylic acids is 1. The maximum absolute atomic E-state index is 12.7. The highest BCUT2D eigenvalue weighted by atomic mass is 32.2. The van der Waals surface area contributed by atoms with E-state index in [2.05, 4.69) is 30.2 Å². The second-order valence-electron chi connectivity index (χ2n) is 9.05. The molecule has 0 spiro atoms. The van der Waals surface area contributed by atoms with Crippen LogP contribution in [0.3, 0.4) is 0 Å². The van der Waals surface area contributed by atoms with Gasteiger partial charge in [-0.25, -0.2) is 23.1 Å². The van der Waals surface area contributed by atoms with Crippen molar-refractivity contribution >= 4 is 39.3 Å². The average Bonchev–Trinajstić information content (AvgIpc) is 3.42. The third kappa shape index (κ3) is 6.93. The van der Waals surface area contributed by atoms with Crippen LogP contribution in [0, 0.1) is 6.92 Å². The van der Waals surface area contributed by atoms with Crippen molar-refractivity contribution < 1.29 is 17.9 Å².